The van der Waals surface area contributed by atoms with E-state index in [-0.39, 0.29) is 5.82 Å². The van der Waals surface area contributed by atoms with E-state index >= 15 is 0 Å². The lowest BCUT2D eigenvalue weighted by molar-refractivity contribution is 0.0691. The number of rotatable bonds is 3. The number of aromatic carboxylic acids is 1. The molecule has 2 heterocycles. The molecule has 1 aromatic heterocycles. The van der Waals surface area contributed by atoms with Crippen molar-refractivity contribution in [1.82, 2.24) is 9.88 Å². The number of ether oxygens (including phenoxy) is 1. The third-order valence-corrected chi connectivity index (χ3v) is 3.21. The van der Waals surface area contributed by atoms with E-state index < -0.39 is 23.4 Å². The Bertz CT molecular complexity index is 544. The number of carboxylic acids is 1. The van der Waals surface area contributed by atoms with Crippen molar-refractivity contribution in [2.75, 3.05) is 37.7 Å². The van der Waals surface area contributed by atoms with Crippen LogP contribution in [0.1, 0.15) is 17.3 Å². The second-order valence-electron chi connectivity index (χ2n) is 4.47. The number of halogens is 1. The lowest BCUT2D eigenvalue weighted by atomic mass is 10.2. The molecule has 0 unspecified atom stereocenters. The molecule has 0 bridgehead atoms. The molecular weight excluding hydrogens is 281 g/mol. The summed E-state index contributed by atoms with van der Waals surface area (Å²) in [7, 11) is 0. The first kappa shape index (κ1) is 15.0. The molecule has 0 aliphatic carbocycles. The number of hydrogen-bond donors (Lipinski definition) is 1. The number of piperazine rings is 1. The molecule has 1 amide bonds. The molecule has 2 rings (SSSR count). The van der Waals surface area contributed by atoms with Crippen LogP contribution in [0.15, 0.2) is 12.3 Å². The highest BCUT2D eigenvalue weighted by Crippen LogP contribution is 2.21. The van der Waals surface area contributed by atoms with Crippen LogP contribution in [-0.4, -0.2) is 59.8 Å². The number of pyridine rings is 1. The molecule has 114 valence electrons. The van der Waals surface area contributed by atoms with Gasteiger partial charge >= 0.3 is 12.1 Å². The number of amides is 1. The highest BCUT2D eigenvalue weighted by Gasteiger charge is 2.26. The maximum atomic E-state index is 14.1. The van der Waals surface area contributed by atoms with Crippen molar-refractivity contribution in [2.24, 2.45) is 0 Å². The Morgan fingerprint density at radius 3 is 2.62 bits per heavy atom. The van der Waals surface area contributed by atoms with E-state index in [0.717, 1.165) is 6.07 Å². The van der Waals surface area contributed by atoms with E-state index in [2.05, 4.69) is 4.98 Å². The maximum absolute atomic E-state index is 14.1. The summed E-state index contributed by atoms with van der Waals surface area (Å²) in [4.78, 5) is 29.5. The summed E-state index contributed by atoms with van der Waals surface area (Å²) in [5.41, 5.74) is -0.409. The number of anilines is 1. The summed E-state index contributed by atoms with van der Waals surface area (Å²) >= 11 is 0. The van der Waals surface area contributed by atoms with Crippen LogP contribution < -0.4 is 4.90 Å². The minimum absolute atomic E-state index is 0.00147. The Kier molecular flexibility index (Phi) is 4.56. The smallest absolute Gasteiger partial charge is 0.409 e. The minimum atomic E-state index is -1.33. The van der Waals surface area contributed by atoms with Crippen molar-refractivity contribution in [3.63, 3.8) is 0 Å². The lowest BCUT2D eigenvalue weighted by Gasteiger charge is -2.34. The van der Waals surface area contributed by atoms with Gasteiger partial charge in [-0.1, -0.05) is 0 Å². The van der Waals surface area contributed by atoms with Gasteiger partial charge in [0, 0.05) is 32.4 Å². The highest BCUT2D eigenvalue weighted by molar-refractivity contribution is 5.88. The van der Waals surface area contributed by atoms with Crippen LogP contribution in [0.5, 0.6) is 0 Å². The quantitative estimate of drug-likeness (QED) is 0.902. The molecule has 0 saturated carbocycles. The summed E-state index contributed by atoms with van der Waals surface area (Å²) in [5, 5.41) is 8.91. The largest absolute Gasteiger partial charge is 0.478 e. The molecule has 0 aromatic carbocycles. The van der Waals surface area contributed by atoms with Crippen molar-refractivity contribution >= 4 is 17.9 Å². The predicted molar refractivity (Wildman–Crippen MR) is 72.0 cm³/mol. The first-order chi connectivity index (χ1) is 10.0. The van der Waals surface area contributed by atoms with Gasteiger partial charge in [-0.25, -0.2) is 19.0 Å². The van der Waals surface area contributed by atoms with Gasteiger partial charge in [0.15, 0.2) is 11.6 Å². The molecular formula is C13H16FN3O4. The SMILES string of the molecule is CCOC(=O)N1CCN(c2nccc(C(=O)O)c2F)CC1. The molecule has 0 atom stereocenters. The molecule has 0 spiro atoms. The van der Waals surface area contributed by atoms with Gasteiger partial charge in [-0.3, -0.25) is 0 Å². The topological polar surface area (TPSA) is 83.0 Å². The number of nitrogens with zero attached hydrogens (tertiary/aromatic N) is 3. The van der Waals surface area contributed by atoms with Gasteiger partial charge in [0.25, 0.3) is 0 Å². The Hall–Kier alpha value is -2.38. The van der Waals surface area contributed by atoms with Gasteiger partial charge in [-0.05, 0) is 13.0 Å². The Morgan fingerprint density at radius 1 is 1.38 bits per heavy atom. The summed E-state index contributed by atoms with van der Waals surface area (Å²) in [6, 6.07) is 1.12. The Morgan fingerprint density at radius 2 is 2.05 bits per heavy atom. The zero-order valence-corrected chi connectivity index (χ0v) is 11.6. The van der Waals surface area contributed by atoms with E-state index in [4.69, 9.17) is 9.84 Å². The van der Waals surface area contributed by atoms with Crippen LogP contribution in [0.3, 0.4) is 0 Å². The van der Waals surface area contributed by atoms with Gasteiger partial charge in [-0.15, -0.1) is 0 Å². The molecule has 1 saturated heterocycles. The predicted octanol–water partition coefficient (Wildman–Crippen LogP) is 1.20. The first-order valence-corrected chi connectivity index (χ1v) is 6.59. The molecule has 1 N–H and O–H groups in total. The summed E-state index contributed by atoms with van der Waals surface area (Å²) in [5.74, 6) is -2.19. The zero-order chi connectivity index (χ0) is 15.4. The van der Waals surface area contributed by atoms with E-state index in [0.29, 0.717) is 32.8 Å². The fourth-order valence-corrected chi connectivity index (χ4v) is 2.13. The van der Waals surface area contributed by atoms with Crippen molar-refractivity contribution in [3.8, 4) is 0 Å². The monoisotopic (exact) mass is 297 g/mol. The molecule has 1 aliphatic heterocycles. The second kappa shape index (κ2) is 6.38. The van der Waals surface area contributed by atoms with Crippen molar-refractivity contribution in [3.05, 3.63) is 23.6 Å². The van der Waals surface area contributed by atoms with Gasteiger partial charge in [0.05, 0.1) is 6.61 Å². The third kappa shape index (κ3) is 3.21. The van der Waals surface area contributed by atoms with Gasteiger partial charge in [0.2, 0.25) is 0 Å². The van der Waals surface area contributed by atoms with Crippen LogP contribution in [0, 0.1) is 5.82 Å². The van der Waals surface area contributed by atoms with Crippen LogP contribution in [0.25, 0.3) is 0 Å². The van der Waals surface area contributed by atoms with Crippen LogP contribution in [0.2, 0.25) is 0 Å². The maximum Gasteiger partial charge on any atom is 0.409 e. The molecule has 0 radical (unpaired) electrons. The van der Waals surface area contributed by atoms with Crippen LogP contribution in [-0.2, 0) is 4.74 Å². The van der Waals surface area contributed by atoms with Gasteiger partial charge < -0.3 is 19.6 Å². The van der Waals surface area contributed by atoms with Gasteiger partial charge in [-0.2, -0.15) is 0 Å². The molecule has 1 aliphatic rings. The normalized spacial score (nSPS) is 15.0. The number of carboxylic acid groups (broad SMARTS) is 1. The van der Waals surface area contributed by atoms with E-state index in [1.165, 1.54) is 11.1 Å². The highest BCUT2D eigenvalue weighted by atomic mass is 19.1. The summed E-state index contributed by atoms with van der Waals surface area (Å²) < 4.78 is 19.0. The van der Waals surface area contributed by atoms with E-state index in [1.54, 1.807) is 11.8 Å². The van der Waals surface area contributed by atoms with Crippen molar-refractivity contribution < 1.29 is 23.8 Å². The van der Waals surface area contributed by atoms with Crippen LogP contribution >= 0.6 is 0 Å². The molecule has 8 heteroatoms. The third-order valence-electron chi connectivity index (χ3n) is 3.21. The number of carbonyl (C=O) groups is 2. The van der Waals surface area contributed by atoms with Crippen molar-refractivity contribution in [1.29, 1.82) is 0 Å². The summed E-state index contributed by atoms with van der Waals surface area (Å²) in [6.45, 7) is 3.51. The Balaban J connectivity index is 2.07. The number of aromatic nitrogens is 1. The average Bonchev–Trinajstić information content (AvgIpc) is 2.47. The molecule has 21 heavy (non-hydrogen) atoms. The number of carbonyl (C=O) groups excluding carboxylic acids is 1. The molecule has 7 nitrogen and oxygen atoms in total. The number of hydrogen-bond acceptors (Lipinski definition) is 5. The van der Waals surface area contributed by atoms with Crippen molar-refractivity contribution in [2.45, 2.75) is 6.92 Å². The van der Waals surface area contributed by atoms with E-state index in [1.807, 2.05) is 0 Å². The fraction of sp³-hybridized carbons (Fsp3) is 0.462. The minimum Gasteiger partial charge on any atom is -0.478 e. The second-order valence-corrected chi connectivity index (χ2v) is 4.47. The average molecular weight is 297 g/mol. The van der Waals surface area contributed by atoms with Crippen LogP contribution in [0.4, 0.5) is 15.0 Å². The van der Waals surface area contributed by atoms with Gasteiger partial charge in [0.1, 0.15) is 5.56 Å². The standard InChI is InChI=1S/C13H16FN3O4/c1-2-21-13(20)17-7-5-16(6-8-17)11-10(14)9(12(18)19)3-4-15-11/h3-4H,2,5-8H2,1H3,(H,18,19). The fourth-order valence-electron chi connectivity index (χ4n) is 2.13. The molecule has 1 fully saturated rings. The summed E-state index contributed by atoms with van der Waals surface area (Å²) in [6.07, 6.45) is 0.865. The Labute approximate surface area is 120 Å². The van der Waals surface area contributed by atoms with E-state index in [9.17, 15) is 14.0 Å². The lowest BCUT2D eigenvalue weighted by Crippen LogP contribution is -2.49. The molecule has 1 aromatic rings. The zero-order valence-electron chi connectivity index (χ0n) is 11.6. The first-order valence-electron chi connectivity index (χ1n) is 6.59.